The van der Waals surface area contributed by atoms with E-state index in [1.807, 2.05) is 18.7 Å². The number of hydrogen-bond donors (Lipinski definition) is 3. The summed E-state index contributed by atoms with van der Waals surface area (Å²) in [5.74, 6) is -3.26. The van der Waals surface area contributed by atoms with E-state index in [4.69, 9.17) is 10.5 Å². The summed E-state index contributed by atoms with van der Waals surface area (Å²) in [5, 5.41) is 25.0. The fourth-order valence-electron chi connectivity index (χ4n) is 4.77. The highest BCUT2D eigenvalue weighted by molar-refractivity contribution is 7.99. The molecule has 0 saturated heterocycles. The molecule has 256 valence electrons. The minimum atomic E-state index is -3.23. The Labute approximate surface area is 271 Å². The van der Waals surface area contributed by atoms with E-state index >= 15 is 0 Å². The first kappa shape index (κ1) is 40.4. The molecule has 4 N–H and O–H groups in total. The number of nitrogens with one attached hydrogen (secondary N) is 1. The van der Waals surface area contributed by atoms with Crippen molar-refractivity contribution in [2.24, 2.45) is 11.7 Å². The third-order valence-electron chi connectivity index (χ3n) is 7.54. The van der Waals surface area contributed by atoms with Crippen LogP contribution in [0.15, 0.2) is 36.4 Å². The first-order valence-corrected chi connectivity index (χ1v) is 17.5. The van der Waals surface area contributed by atoms with Crippen LogP contribution in [0.5, 0.6) is 5.75 Å². The Morgan fingerprint density at radius 1 is 0.978 bits per heavy atom. The molecule has 0 heterocycles. The number of amides is 2. The Morgan fingerprint density at radius 2 is 1.58 bits per heavy atom. The van der Waals surface area contributed by atoms with Crippen LogP contribution in [0.1, 0.15) is 103 Å². The van der Waals surface area contributed by atoms with E-state index < -0.39 is 48.2 Å². The molecule has 0 radical (unpaired) electrons. The fraction of sp³-hybridized carbons (Fsp3) is 0.676. The third kappa shape index (κ3) is 17.0. The Bertz CT molecular complexity index is 1010. The van der Waals surface area contributed by atoms with Crippen molar-refractivity contribution in [3.05, 3.63) is 42.0 Å². The summed E-state index contributed by atoms with van der Waals surface area (Å²) in [6.07, 6.45) is 10.3. The highest BCUT2D eigenvalue weighted by Crippen LogP contribution is 2.27. The van der Waals surface area contributed by atoms with E-state index in [1.54, 1.807) is 24.3 Å². The second-order valence-electron chi connectivity index (χ2n) is 11.5. The van der Waals surface area contributed by atoms with Crippen LogP contribution in [0.2, 0.25) is 0 Å². The van der Waals surface area contributed by atoms with Gasteiger partial charge in [-0.05, 0) is 61.3 Å². The molecular formula is C34H53F2N2O6S-. The summed E-state index contributed by atoms with van der Waals surface area (Å²) in [6.45, 7) is 4.81. The number of primary amides is 1. The minimum absolute atomic E-state index is 0.0392. The van der Waals surface area contributed by atoms with Crippen LogP contribution in [0.25, 0.3) is 0 Å². The predicted molar refractivity (Wildman–Crippen MR) is 174 cm³/mol. The van der Waals surface area contributed by atoms with Gasteiger partial charge in [-0.15, -0.1) is 0 Å². The summed E-state index contributed by atoms with van der Waals surface area (Å²) in [7, 11) is 0. The van der Waals surface area contributed by atoms with Crippen LogP contribution in [0, 0.1) is 5.92 Å². The van der Waals surface area contributed by atoms with Gasteiger partial charge < -0.3 is 30.8 Å². The third-order valence-corrected chi connectivity index (χ3v) is 8.69. The number of hydrogen-bond acceptors (Lipinski definition) is 7. The molecule has 0 fully saturated rings. The quantitative estimate of drug-likeness (QED) is 0.0858. The first-order chi connectivity index (χ1) is 21.5. The molecule has 2 amide bonds. The maximum Gasteiger partial charge on any atom is 0.241 e. The number of allylic oxidation sites excluding steroid dienone is 1. The molecule has 1 aromatic carbocycles. The van der Waals surface area contributed by atoms with Crippen molar-refractivity contribution in [1.82, 2.24) is 5.32 Å². The van der Waals surface area contributed by atoms with Gasteiger partial charge in [0.2, 0.25) is 18.2 Å². The maximum absolute atomic E-state index is 13.3. The van der Waals surface area contributed by atoms with E-state index in [1.165, 1.54) is 43.9 Å². The molecule has 0 aliphatic carbocycles. The first-order valence-electron chi connectivity index (χ1n) is 16.3. The standard InChI is InChI=1S/C34H54F2N2O6S/c1-3-5-7-11-14-22-45-23-15-12-9-8-10-13-16-28(34(43,33(41)42)25-30(35)36)32(40)38-29(31(37)39)24-26-17-19-27(20-18-26)44-21-6-4-2/h13,16-20,28-30,43H,3-12,14-15,21-25H2,1-2H3,(H2,37,39)(H,38,40)(H,41,42)/p-1/b16-13+/t28-,29+,34+/m1/s1. The highest BCUT2D eigenvalue weighted by atomic mass is 32.2. The normalized spacial score (nSPS) is 14.3. The molecular weight excluding hydrogens is 602 g/mol. The lowest BCUT2D eigenvalue weighted by atomic mass is 9.82. The van der Waals surface area contributed by atoms with Crippen molar-refractivity contribution >= 4 is 29.5 Å². The molecule has 3 atom stereocenters. The number of ether oxygens (including phenoxy) is 1. The Morgan fingerprint density at radius 3 is 2.13 bits per heavy atom. The van der Waals surface area contributed by atoms with Gasteiger partial charge >= 0.3 is 0 Å². The number of nitrogens with two attached hydrogens (primary N) is 1. The average Bonchev–Trinajstić information content (AvgIpc) is 2.99. The molecule has 0 spiro atoms. The van der Waals surface area contributed by atoms with Gasteiger partial charge in [0, 0.05) is 12.8 Å². The maximum atomic E-state index is 13.3. The van der Waals surface area contributed by atoms with Crippen molar-refractivity contribution in [2.45, 2.75) is 122 Å². The molecule has 0 unspecified atom stereocenters. The number of carboxylic acid groups (broad SMARTS) is 1. The molecule has 0 aromatic heterocycles. The van der Waals surface area contributed by atoms with Gasteiger partial charge in [-0.2, -0.15) is 11.8 Å². The summed E-state index contributed by atoms with van der Waals surface area (Å²) in [5.41, 5.74) is 2.95. The zero-order valence-corrected chi connectivity index (χ0v) is 27.8. The second-order valence-corrected chi connectivity index (χ2v) is 12.7. The molecule has 0 saturated carbocycles. The van der Waals surface area contributed by atoms with Crippen molar-refractivity contribution < 1.29 is 38.1 Å². The Hall–Kier alpha value is -2.66. The summed E-state index contributed by atoms with van der Waals surface area (Å²) >= 11 is 1.96. The number of benzene rings is 1. The average molecular weight is 656 g/mol. The number of halogens is 2. The monoisotopic (exact) mass is 655 g/mol. The van der Waals surface area contributed by atoms with Crippen LogP contribution in [0.4, 0.5) is 8.78 Å². The van der Waals surface area contributed by atoms with Crippen LogP contribution < -0.4 is 20.9 Å². The van der Waals surface area contributed by atoms with Gasteiger partial charge in [0.25, 0.3) is 0 Å². The Kier molecular flexibility index (Phi) is 21.2. The number of alkyl halides is 2. The number of aliphatic carboxylic acids is 1. The smallest absolute Gasteiger partial charge is 0.241 e. The van der Waals surface area contributed by atoms with Crippen molar-refractivity contribution in [3.8, 4) is 5.75 Å². The van der Waals surface area contributed by atoms with E-state index in [0.29, 0.717) is 24.3 Å². The fourth-order valence-corrected chi connectivity index (χ4v) is 5.79. The van der Waals surface area contributed by atoms with E-state index in [2.05, 4.69) is 12.2 Å². The van der Waals surface area contributed by atoms with E-state index in [0.717, 1.165) is 50.4 Å². The van der Waals surface area contributed by atoms with Crippen LogP contribution >= 0.6 is 11.8 Å². The largest absolute Gasteiger partial charge is 0.547 e. The SMILES string of the molecule is CCCCCCCSCCCCCC/C=C/[C@H](C(=O)N[C@@H](Cc1ccc(OCCCC)cc1)C(N)=O)[C@@](O)(CC(F)F)C(=O)[O-]. The number of unbranched alkanes of at least 4 members (excludes halogenated alkanes) is 9. The van der Waals surface area contributed by atoms with Gasteiger partial charge in [0.1, 0.15) is 17.4 Å². The van der Waals surface area contributed by atoms with Crippen molar-refractivity contribution in [2.75, 3.05) is 18.1 Å². The number of thioether (sulfide) groups is 1. The summed E-state index contributed by atoms with van der Waals surface area (Å²) in [6, 6.07) is 5.53. The molecule has 1 rings (SSSR count). The topological polar surface area (TPSA) is 142 Å². The highest BCUT2D eigenvalue weighted by Gasteiger charge is 2.44. The van der Waals surface area contributed by atoms with Gasteiger partial charge in [0.05, 0.1) is 18.5 Å². The molecule has 0 bridgehead atoms. The summed E-state index contributed by atoms with van der Waals surface area (Å²) < 4.78 is 32.3. The zero-order chi connectivity index (χ0) is 33.5. The molecule has 8 nitrogen and oxygen atoms in total. The number of carboxylic acids is 1. The van der Waals surface area contributed by atoms with E-state index in [-0.39, 0.29) is 6.42 Å². The molecule has 45 heavy (non-hydrogen) atoms. The second kappa shape index (κ2) is 23.6. The number of carbonyl (C=O) groups is 3. The lowest BCUT2D eigenvalue weighted by Crippen LogP contribution is -2.59. The van der Waals surface area contributed by atoms with Crippen molar-refractivity contribution in [3.63, 3.8) is 0 Å². The molecule has 1 aromatic rings. The number of carbonyl (C=O) groups excluding carboxylic acids is 3. The lowest BCUT2D eigenvalue weighted by molar-refractivity contribution is -0.328. The van der Waals surface area contributed by atoms with Crippen LogP contribution in [-0.4, -0.2) is 59.1 Å². The lowest BCUT2D eigenvalue weighted by Gasteiger charge is -2.35. The van der Waals surface area contributed by atoms with Gasteiger partial charge in [0.15, 0.2) is 0 Å². The number of rotatable bonds is 27. The van der Waals surface area contributed by atoms with Crippen LogP contribution in [0.3, 0.4) is 0 Å². The molecule has 0 aliphatic heterocycles. The Balaban J connectivity index is 2.78. The minimum Gasteiger partial charge on any atom is -0.547 e. The van der Waals surface area contributed by atoms with Gasteiger partial charge in [-0.25, -0.2) is 8.78 Å². The van der Waals surface area contributed by atoms with E-state index in [9.17, 15) is 33.4 Å². The van der Waals surface area contributed by atoms with Crippen LogP contribution in [-0.2, 0) is 20.8 Å². The summed E-state index contributed by atoms with van der Waals surface area (Å²) in [4.78, 5) is 37.3. The predicted octanol–water partition coefficient (Wildman–Crippen LogP) is 5.34. The van der Waals surface area contributed by atoms with Gasteiger partial charge in [-0.1, -0.05) is 83.1 Å². The molecule has 11 heteroatoms. The zero-order valence-electron chi connectivity index (χ0n) is 26.9. The number of aliphatic hydroxyl groups is 1. The van der Waals surface area contributed by atoms with Crippen molar-refractivity contribution in [1.29, 1.82) is 0 Å². The van der Waals surface area contributed by atoms with Gasteiger partial charge in [-0.3, -0.25) is 9.59 Å². The molecule has 0 aliphatic rings.